The van der Waals surface area contributed by atoms with Gasteiger partial charge in [0, 0.05) is 6.42 Å². The summed E-state index contributed by atoms with van der Waals surface area (Å²) in [6, 6.07) is 2.55. The number of nitriles is 1. The largest absolute Gasteiger partial charge is 0.515 e. The maximum atomic E-state index is 12.0. The summed E-state index contributed by atoms with van der Waals surface area (Å²) in [5.74, 6) is 1.51. The second-order valence-corrected chi connectivity index (χ2v) is 9.14. The number of nitrogens with zero attached hydrogens (tertiary/aromatic N) is 1. The number of hydrogen-bond donors (Lipinski definition) is 1. The van der Waals surface area contributed by atoms with E-state index in [1.807, 2.05) is 0 Å². The molecule has 6 atom stereocenters. The second-order valence-electron chi connectivity index (χ2n) is 9.14. The summed E-state index contributed by atoms with van der Waals surface area (Å²) in [7, 11) is 0. The third-order valence-corrected chi connectivity index (χ3v) is 8.09. The van der Waals surface area contributed by atoms with Crippen molar-refractivity contribution in [2.75, 3.05) is 0 Å². The molecule has 3 heteroatoms. The molecule has 0 aromatic carbocycles. The van der Waals surface area contributed by atoms with Crippen molar-refractivity contribution in [3.8, 4) is 6.07 Å². The first-order chi connectivity index (χ1) is 11.8. The molecule has 4 rings (SSSR count). The SMILES string of the molecule is C=C1C[C@H](C#N)[C@@]2(C)CC[C@H]3[C@@H](C/C(=C\O)C4=CC(=O)CC[C@@]43C)[C@H]12. The third-order valence-electron chi connectivity index (χ3n) is 8.09. The summed E-state index contributed by atoms with van der Waals surface area (Å²) in [6.45, 7) is 8.92. The van der Waals surface area contributed by atoms with Crippen LogP contribution in [0.25, 0.3) is 0 Å². The van der Waals surface area contributed by atoms with Crippen molar-refractivity contribution in [2.45, 2.75) is 52.4 Å². The normalized spacial score (nSPS) is 47.6. The van der Waals surface area contributed by atoms with Gasteiger partial charge in [0.05, 0.1) is 18.2 Å². The predicted octanol–water partition coefficient (Wildman–Crippen LogP) is 4.88. The number of ketones is 1. The maximum Gasteiger partial charge on any atom is 0.156 e. The Hall–Kier alpha value is -1.82. The first-order valence-electron chi connectivity index (χ1n) is 9.51. The Morgan fingerprint density at radius 2 is 2.12 bits per heavy atom. The first-order valence-corrected chi connectivity index (χ1v) is 9.51. The van der Waals surface area contributed by atoms with Crippen LogP contribution in [-0.2, 0) is 4.79 Å². The Kier molecular flexibility index (Phi) is 3.55. The van der Waals surface area contributed by atoms with Crippen molar-refractivity contribution < 1.29 is 9.90 Å². The van der Waals surface area contributed by atoms with Crippen LogP contribution in [0.2, 0.25) is 0 Å². The molecule has 0 aromatic heterocycles. The monoisotopic (exact) mass is 337 g/mol. The van der Waals surface area contributed by atoms with Crippen LogP contribution in [-0.4, -0.2) is 10.9 Å². The lowest BCUT2D eigenvalue weighted by Gasteiger charge is -2.58. The van der Waals surface area contributed by atoms with Gasteiger partial charge in [0.25, 0.3) is 0 Å². The lowest BCUT2D eigenvalue weighted by Crippen LogP contribution is -2.51. The van der Waals surface area contributed by atoms with Crippen molar-refractivity contribution in [3.05, 3.63) is 35.6 Å². The van der Waals surface area contributed by atoms with Crippen molar-refractivity contribution in [1.29, 1.82) is 5.26 Å². The van der Waals surface area contributed by atoms with E-state index in [0.717, 1.165) is 43.3 Å². The topological polar surface area (TPSA) is 61.1 Å². The molecule has 4 aliphatic rings. The van der Waals surface area contributed by atoms with Crippen LogP contribution in [0.1, 0.15) is 52.4 Å². The Balaban J connectivity index is 1.81. The maximum absolute atomic E-state index is 12.0. The summed E-state index contributed by atoms with van der Waals surface area (Å²) >= 11 is 0. The van der Waals surface area contributed by atoms with Gasteiger partial charge in [-0.2, -0.15) is 5.26 Å². The molecule has 0 aliphatic heterocycles. The fourth-order valence-corrected chi connectivity index (χ4v) is 6.83. The smallest absolute Gasteiger partial charge is 0.156 e. The molecule has 1 N–H and O–H groups in total. The summed E-state index contributed by atoms with van der Waals surface area (Å²) in [5, 5.41) is 19.6. The van der Waals surface area contributed by atoms with Gasteiger partial charge >= 0.3 is 0 Å². The molecule has 0 amide bonds. The lowest BCUT2D eigenvalue weighted by molar-refractivity contribution is -0.116. The van der Waals surface area contributed by atoms with E-state index in [4.69, 9.17) is 0 Å². The molecule has 0 unspecified atom stereocenters. The van der Waals surface area contributed by atoms with Gasteiger partial charge < -0.3 is 5.11 Å². The Bertz CT molecular complexity index is 754. The highest BCUT2D eigenvalue weighted by atomic mass is 16.2. The van der Waals surface area contributed by atoms with Gasteiger partial charge in [-0.15, -0.1) is 0 Å². The van der Waals surface area contributed by atoms with Gasteiger partial charge in [0.2, 0.25) is 0 Å². The number of aliphatic hydroxyl groups excluding tert-OH is 1. The quantitative estimate of drug-likeness (QED) is 0.506. The van der Waals surface area contributed by atoms with E-state index in [1.54, 1.807) is 6.08 Å². The predicted molar refractivity (Wildman–Crippen MR) is 96.4 cm³/mol. The Morgan fingerprint density at radius 3 is 2.80 bits per heavy atom. The first kappa shape index (κ1) is 16.6. The van der Waals surface area contributed by atoms with E-state index in [0.29, 0.717) is 24.2 Å². The van der Waals surface area contributed by atoms with Gasteiger partial charge in [-0.25, -0.2) is 0 Å². The minimum Gasteiger partial charge on any atom is -0.515 e. The summed E-state index contributed by atoms with van der Waals surface area (Å²) in [6.07, 6.45) is 8.26. The zero-order valence-electron chi connectivity index (χ0n) is 15.2. The zero-order chi connectivity index (χ0) is 18.0. The summed E-state index contributed by atoms with van der Waals surface area (Å²) < 4.78 is 0. The summed E-state index contributed by atoms with van der Waals surface area (Å²) in [4.78, 5) is 12.0. The highest BCUT2D eigenvalue weighted by Crippen LogP contribution is 2.68. The minimum absolute atomic E-state index is 0.00955. The molecule has 0 spiro atoms. The van der Waals surface area contributed by atoms with Crippen LogP contribution in [0.4, 0.5) is 0 Å². The van der Waals surface area contributed by atoms with Crippen LogP contribution in [0.15, 0.2) is 35.6 Å². The van der Waals surface area contributed by atoms with Gasteiger partial charge in [0.15, 0.2) is 5.78 Å². The Morgan fingerprint density at radius 1 is 1.36 bits per heavy atom. The van der Waals surface area contributed by atoms with Crippen molar-refractivity contribution in [2.24, 2.45) is 34.5 Å². The number of rotatable bonds is 0. The van der Waals surface area contributed by atoms with Crippen molar-refractivity contribution >= 4 is 5.78 Å². The van der Waals surface area contributed by atoms with Gasteiger partial charge in [-0.3, -0.25) is 4.79 Å². The molecule has 25 heavy (non-hydrogen) atoms. The van der Waals surface area contributed by atoms with Crippen LogP contribution in [0.3, 0.4) is 0 Å². The lowest BCUT2D eigenvalue weighted by atomic mass is 9.46. The van der Waals surface area contributed by atoms with Crippen LogP contribution >= 0.6 is 0 Å². The molecule has 3 saturated carbocycles. The number of allylic oxidation sites excluding steroid dienone is 3. The summed E-state index contributed by atoms with van der Waals surface area (Å²) in [5.41, 5.74) is 3.18. The fraction of sp³-hybridized carbons (Fsp3) is 0.636. The molecule has 0 aromatic rings. The Labute approximate surface area is 150 Å². The van der Waals surface area contributed by atoms with Gasteiger partial charge in [0.1, 0.15) is 0 Å². The van der Waals surface area contributed by atoms with E-state index in [1.165, 1.54) is 11.8 Å². The molecule has 4 aliphatic carbocycles. The molecular formula is C22H27NO2. The number of carbonyl (C=O) groups excluding carboxylic acids is 1. The second kappa shape index (κ2) is 5.34. The van der Waals surface area contributed by atoms with Crippen LogP contribution in [0, 0.1) is 45.8 Å². The highest BCUT2D eigenvalue weighted by molar-refractivity contribution is 5.92. The van der Waals surface area contributed by atoms with E-state index in [9.17, 15) is 15.2 Å². The molecule has 0 radical (unpaired) electrons. The molecule has 3 fully saturated rings. The standard InChI is InChI=1S/C22H27NO2/c1-13-8-15(11-23)21(2)7-5-18-17(20(13)21)9-14(12-24)19-10-16(25)4-6-22(18,19)3/h10,12,15,17-18,20,24H,1,4-9H2,2-3H3/b14-12+/t15-,17-,18+,20+,21-,22-/m1/s1. The van der Waals surface area contributed by atoms with E-state index < -0.39 is 0 Å². The molecular weight excluding hydrogens is 310 g/mol. The van der Waals surface area contributed by atoms with Crippen LogP contribution < -0.4 is 0 Å². The molecule has 0 bridgehead atoms. The fourth-order valence-electron chi connectivity index (χ4n) is 6.83. The minimum atomic E-state index is -0.0439. The zero-order valence-corrected chi connectivity index (χ0v) is 15.2. The van der Waals surface area contributed by atoms with Crippen molar-refractivity contribution in [3.63, 3.8) is 0 Å². The molecule has 3 nitrogen and oxygen atoms in total. The van der Waals surface area contributed by atoms with E-state index in [2.05, 4.69) is 26.5 Å². The van der Waals surface area contributed by atoms with E-state index >= 15 is 0 Å². The average Bonchev–Trinajstić information content (AvgIpc) is 2.85. The van der Waals surface area contributed by atoms with Gasteiger partial charge in [-0.05, 0) is 77.9 Å². The number of aliphatic hydroxyl groups is 1. The van der Waals surface area contributed by atoms with Crippen molar-refractivity contribution in [1.82, 2.24) is 0 Å². The highest BCUT2D eigenvalue weighted by Gasteiger charge is 2.61. The molecule has 0 saturated heterocycles. The number of fused-ring (bicyclic) bond motifs is 5. The molecule has 0 heterocycles. The van der Waals surface area contributed by atoms with Crippen LogP contribution in [0.5, 0.6) is 0 Å². The number of hydrogen-bond acceptors (Lipinski definition) is 3. The van der Waals surface area contributed by atoms with E-state index in [-0.39, 0.29) is 22.5 Å². The van der Waals surface area contributed by atoms with Gasteiger partial charge in [-0.1, -0.05) is 26.0 Å². The molecule has 132 valence electrons. The third kappa shape index (κ3) is 2.06. The average molecular weight is 337 g/mol. The number of carbonyl (C=O) groups is 1.